The molecule has 3 aromatic rings. The van der Waals surface area contributed by atoms with Crippen LogP contribution in [-0.4, -0.2) is 60.7 Å². The van der Waals surface area contributed by atoms with Gasteiger partial charge in [0.15, 0.2) is 0 Å². The lowest BCUT2D eigenvalue weighted by Gasteiger charge is -2.29. The van der Waals surface area contributed by atoms with Crippen LogP contribution in [-0.2, 0) is 16.1 Å². The van der Waals surface area contributed by atoms with E-state index >= 15 is 0 Å². The van der Waals surface area contributed by atoms with Gasteiger partial charge < -0.3 is 9.64 Å². The second-order valence-electron chi connectivity index (χ2n) is 7.25. The number of nitrogens with one attached hydrogen (secondary N) is 1. The number of ether oxygens (including phenoxy) is 1. The minimum absolute atomic E-state index is 0.217. The van der Waals surface area contributed by atoms with E-state index in [1.165, 1.54) is 12.0 Å². The maximum atomic E-state index is 12.8. The molecule has 11 nitrogen and oxygen atoms in total. The lowest BCUT2D eigenvalue weighted by Crippen LogP contribution is -2.52. The summed E-state index contributed by atoms with van der Waals surface area (Å²) < 4.78 is 6.55. The molecular formula is C20H17N7O4. The number of carbonyl (C=O) groups excluding carboxylic acids is 3. The van der Waals surface area contributed by atoms with Gasteiger partial charge >= 0.3 is 6.01 Å². The van der Waals surface area contributed by atoms with Crippen molar-refractivity contribution in [3.63, 3.8) is 0 Å². The summed E-state index contributed by atoms with van der Waals surface area (Å²) in [6.45, 7) is 0.294. The van der Waals surface area contributed by atoms with Gasteiger partial charge in [0.05, 0.1) is 19.0 Å². The molecule has 2 aliphatic heterocycles. The molecule has 2 aromatic heterocycles. The van der Waals surface area contributed by atoms with Crippen LogP contribution in [0.25, 0.3) is 16.9 Å². The second-order valence-corrected chi connectivity index (χ2v) is 7.25. The standard InChI is InChI=1S/C20H17N7O4/c1-31-20-21-7-12(8-22-20)15-10-27(25-24-15)13-2-3-14-11(6-13)9-26(19(14)30)16-4-5-17(28)23-18(16)29/h2-3,6-8,10,16H,4-5,9H2,1H3,(H,23,28,29). The summed E-state index contributed by atoms with van der Waals surface area (Å²) in [5.41, 5.74) is 3.33. The van der Waals surface area contributed by atoms with Gasteiger partial charge in [0.2, 0.25) is 11.8 Å². The number of nitrogens with zero attached hydrogens (tertiary/aromatic N) is 6. The van der Waals surface area contributed by atoms with Crippen LogP contribution in [0.3, 0.4) is 0 Å². The molecule has 3 amide bonds. The van der Waals surface area contributed by atoms with Crippen LogP contribution in [0.2, 0.25) is 0 Å². The number of amides is 3. The molecule has 0 aliphatic carbocycles. The van der Waals surface area contributed by atoms with Crippen molar-refractivity contribution in [1.82, 2.24) is 35.2 Å². The Balaban J connectivity index is 1.39. The Morgan fingerprint density at radius 3 is 2.71 bits per heavy atom. The van der Waals surface area contributed by atoms with Crippen molar-refractivity contribution in [2.24, 2.45) is 0 Å². The Hall–Kier alpha value is -4.15. The van der Waals surface area contributed by atoms with Gasteiger partial charge in [-0.05, 0) is 30.2 Å². The predicted octanol–water partition coefficient (Wildman–Crippen LogP) is 0.494. The topological polar surface area (TPSA) is 132 Å². The minimum atomic E-state index is -0.644. The minimum Gasteiger partial charge on any atom is -0.467 e. The summed E-state index contributed by atoms with van der Waals surface area (Å²) in [7, 11) is 1.49. The van der Waals surface area contributed by atoms with Crippen molar-refractivity contribution < 1.29 is 19.1 Å². The second kappa shape index (κ2) is 7.27. The predicted molar refractivity (Wildman–Crippen MR) is 105 cm³/mol. The fourth-order valence-electron chi connectivity index (χ4n) is 3.78. The number of rotatable bonds is 4. The average molecular weight is 419 g/mol. The van der Waals surface area contributed by atoms with E-state index < -0.39 is 11.9 Å². The highest BCUT2D eigenvalue weighted by Crippen LogP contribution is 2.29. The highest BCUT2D eigenvalue weighted by molar-refractivity contribution is 6.05. The molecule has 11 heteroatoms. The number of methoxy groups -OCH3 is 1. The molecule has 2 aliphatic rings. The van der Waals surface area contributed by atoms with Gasteiger partial charge in [-0.15, -0.1) is 5.10 Å². The van der Waals surface area contributed by atoms with Crippen LogP contribution >= 0.6 is 0 Å². The largest absolute Gasteiger partial charge is 0.467 e. The first-order chi connectivity index (χ1) is 15.0. The first-order valence-electron chi connectivity index (χ1n) is 9.60. The smallest absolute Gasteiger partial charge is 0.316 e. The maximum Gasteiger partial charge on any atom is 0.316 e. The van der Waals surface area contributed by atoms with Gasteiger partial charge in [-0.1, -0.05) is 5.21 Å². The van der Waals surface area contributed by atoms with Crippen LogP contribution in [0.15, 0.2) is 36.8 Å². The number of aromatic nitrogens is 5. The third-order valence-electron chi connectivity index (χ3n) is 5.37. The van der Waals surface area contributed by atoms with E-state index in [0.29, 0.717) is 29.8 Å². The molecule has 0 spiro atoms. The van der Waals surface area contributed by atoms with E-state index in [0.717, 1.165) is 11.3 Å². The number of carbonyl (C=O) groups is 3. The van der Waals surface area contributed by atoms with Crippen LogP contribution in [0.5, 0.6) is 6.01 Å². The molecular weight excluding hydrogens is 402 g/mol. The monoisotopic (exact) mass is 419 g/mol. The fourth-order valence-corrected chi connectivity index (χ4v) is 3.78. The Labute approximate surface area is 176 Å². The summed E-state index contributed by atoms with van der Waals surface area (Å²) in [5.74, 6) is -0.956. The molecule has 31 heavy (non-hydrogen) atoms. The zero-order valence-electron chi connectivity index (χ0n) is 16.5. The molecule has 1 atom stereocenters. The Kier molecular flexibility index (Phi) is 4.42. The molecule has 5 rings (SSSR count). The number of imide groups is 1. The van der Waals surface area contributed by atoms with E-state index in [1.54, 1.807) is 35.4 Å². The average Bonchev–Trinajstić information content (AvgIpc) is 3.39. The van der Waals surface area contributed by atoms with Crippen LogP contribution < -0.4 is 10.1 Å². The van der Waals surface area contributed by atoms with E-state index in [4.69, 9.17) is 4.74 Å². The molecule has 0 radical (unpaired) electrons. The van der Waals surface area contributed by atoms with E-state index in [1.807, 2.05) is 6.07 Å². The van der Waals surface area contributed by atoms with Crippen molar-refractivity contribution in [2.45, 2.75) is 25.4 Å². The molecule has 1 saturated heterocycles. The highest BCUT2D eigenvalue weighted by Gasteiger charge is 2.39. The lowest BCUT2D eigenvalue weighted by molar-refractivity contribution is -0.136. The van der Waals surface area contributed by atoms with E-state index in [2.05, 4.69) is 25.6 Å². The molecule has 156 valence electrons. The quantitative estimate of drug-likeness (QED) is 0.605. The van der Waals surface area contributed by atoms with Crippen LogP contribution in [0.4, 0.5) is 0 Å². The third kappa shape index (κ3) is 3.29. The molecule has 1 fully saturated rings. The Morgan fingerprint density at radius 2 is 1.97 bits per heavy atom. The van der Waals surface area contributed by atoms with E-state index in [-0.39, 0.29) is 24.2 Å². The van der Waals surface area contributed by atoms with Crippen molar-refractivity contribution in [2.75, 3.05) is 7.11 Å². The molecule has 0 bridgehead atoms. The summed E-state index contributed by atoms with van der Waals surface area (Å²) >= 11 is 0. The lowest BCUT2D eigenvalue weighted by atomic mass is 10.0. The molecule has 0 saturated carbocycles. The van der Waals surface area contributed by atoms with E-state index in [9.17, 15) is 14.4 Å². The summed E-state index contributed by atoms with van der Waals surface area (Å²) in [6.07, 6.45) is 5.48. The third-order valence-corrected chi connectivity index (χ3v) is 5.37. The van der Waals surface area contributed by atoms with Gasteiger partial charge in [-0.3, -0.25) is 19.7 Å². The zero-order valence-corrected chi connectivity index (χ0v) is 16.5. The zero-order chi connectivity index (χ0) is 21.5. The fraction of sp³-hybridized carbons (Fsp3) is 0.250. The van der Waals surface area contributed by atoms with Gasteiger partial charge in [0.1, 0.15) is 11.7 Å². The molecule has 4 heterocycles. The Morgan fingerprint density at radius 1 is 1.16 bits per heavy atom. The summed E-state index contributed by atoms with van der Waals surface area (Å²) in [5, 5.41) is 10.6. The van der Waals surface area contributed by atoms with Crippen LogP contribution in [0, 0.1) is 0 Å². The van der Waals surface area contributed by atoms with Crippen LogP contribution in [0.1, 0.15) is 28.8 Å². The number of piperidine rings is 1. The summed E-state index contributed by atoms with van der Waals surface area (Å²) in [6, 6.07) is 4.96. The van der Waals surface area contributed by atoms with Crippen molar-refractivity contribution in [3.8, 4) is 23.0 Å². The van der Waals surface area contributed by atoms with Crippen molar-refractivity contribution in [1.29, 1.82) is 0 Å². The number of fused-ring (bicyclic) bond motifs is 1. The van der Waals surface area contributed by atoms with Crippen molar-refractivity contribution >= 4 is 17.7 Å². The molecule has 1 aromatic carbocycles. The number of hydrogen-bond donors (Lipinski definition) is 1. The van der Waals surface area contributed by atoms with Crippen molar-refractivity contribution in [3.05, 3.63) is 47.9 Å². The number of hydrogen-bond acceptors (Lipinski definition) is 8. The Bertz CT molecular complexity index is 1200. The highest BCUT2D eigenvalue weighted by atomic mass is 16.5. The maximum absolute atomic E-state index is 12.8. The molecule has 1 N–H and O–H groups in total. The normalized spacial score (nSPS) is 18.2. The number of benzene rings is 1. The van der Waals surface area contributed by atoms with Gasteiger partial charge in [-0.2, -0.15) is 0 Å². The van der Waals surface area contributed by atoms with Gasteiger partial charge in [0.25, 0.3) is 5.91 Å². The first-order valence-corrected chi connectivity index (χ1v) is 9.60. The van der Waals surface area contributed by atoms with Gasteiger partial charge in [0, 0.05) is 36.5 Å². The summed E-state index contributed by atoms with van der Waals surface area (Å²) in [4.78, 5) is 46.1. The SMILES string of the molecule is COc1ncc(-c2cn(-c3ccc4c(c3)CN(C3CCC(=O)NC3=O)C4=O)nn2)cn1. The molecule has 1 unspecified atom stereocenters. The van der Waals surface area contributed by atoms with Gasteiger partial charge in [-0.25, -0.2) is 14.6 Å². The first kappa shape index (κ1) is 18.9.